The highest BCUT2D eigenvalue weighted by Gasteiger charge is 2.32. The highest BCUT2D eigenvalue weighted by atomic mass is 79.9. The highest BCUT2D eigenvalue weighted by Crippen LogP contribution is 2.34. The molecule has 4 heteroatoms. The zero-order chi connectivity index (χ0) is 11.7. The quantitative estimate of drug-likeness (QED) is 0.776. The Hall–Kier alpha value is -0.280. The van der Waals surface area contributed by atoms with Crippen molar-refractivity contribution in [3.05, 3.63) is 22.3 Å². The third kappa shape index (κ3) is 2.07. The maximum atomic E-state index is 6.05. The Labute approximate surface area is 110 Å². The number of hydrogen-bond donors (Lipinski definition) is 0. The Balaban J connectivity index is 2.34. The number of halogens is 2. The second-order valence-electron chi connectivity index (χ2n) is 4.45. The van der Waals surface area contributed by atoms with Crippen LogP contribution in [0, 0.1) is 12.8 Å². The van der Waals surface area contributed by atoms with Crippen LogP contribution < -0.4 is 4.90 Å². The van der Waals surface area contributed by atoms with Gasteiger partial charge in [-0.05, 0) is 46.8 Å². The fraction of sp³-hybridized carbons (Fsp3) is 0.583. The smallest absolute Gasteiger partial charge is 0.143 e. The van der Waals surface area contributed by atoms with Crippen molar-refractivity contribution in [1.82, 2.24) is 4.98 Å². The van der Waals surface area contributed by atoms with Crippen LogP contribution >= 0.6 is 27.5 Å². The van der Waals surface area contributed by atoms with Gasteiger partial charge in [0.2, 0.25) is 0 Å². The van der Waals surface area contributed by atoms with Crippen LogP contribution in [0.2, 0.25) is 0 Å². The molecule has 2 unspecified atom stereocenters. The van der Waals surface area contributed by atoms with E-state index < -0.39 is 0 Å². The van der Waals surface area contributed by atoms with Crippen LogP contribution in [0.5, 0.6) is 0 Å². The van der Waals surface area contributed by atoms with Gasteiger partial charge in [-0.2, -0.15) is 0 Å². The second kappa shape index (κ2) is 4.92. The zero-order valence-electron chi connectivity index (χ0n) is 9.58. The molecule has 0 bridgehead atoms. The molecule has 2 nitrogen and oxygen atoms in total. The summed E-state index contributed by atoms with van der Waals surface area (Å²) in [5.41, 5.74) is 1.22. The van der Waals surface area contributed by atoms with E-state index in [0.717, 1.165) is 16.8 Å². The molecular formula is C12H16BrClN2. The summed E-state index contributed by atoms with van der Waals surface area (Å²) < 4.78 is 1.10. The summed E-state index contributed by atoms with van der Waals surface area (Å²) in [7, 11) is 0. The Morgan fingerprint density at radius 2 is 2.38 bits per heavy atom. The number of alkyl halides is 1. The first-order chi connectivity index (χ1) is 7.65. The van der Waals surface area contributed by atoms with Crippen molar-refractivity contribution in [2.75, 3.05) is 17.3 Å². The third-order valence-corrected chi connectivity index (χ3v) is 4.67. The largest absolute Gasteiger partial charge is 0.351 e. The van der Waals surface area contributed by atoms with Crippen LogP contribution in [0.25, 0.3) is 0 Å². The third-order valence-electron chi connectivity index (χ3n) is 3.38. The Morgan fingerprint density at radius 3 is 3.06 bits per heavy atom. The van der Waals surface area contributed by atoms with Gasteiger partial charge in [0.25, 0.3) is 0 Å². The number of aryl methyl sites for hydroxylation is 1. The maximum Gasteiger partial charge on any atom is 0.143 e. The van der Waals surface area contributed by atoms with Crippen molar-refractivity contribution < 1.29 is 0 Å². The lowest BCUT2D eigenvalue weighted by Crippen LogP contribution is -2.34. The van der Waals surface area contributed by atoms with Crippen molar-refractivity contribution in [3.63, 3.8) is 0 Å². The molecule has 88 valence electrons. The molecule has 0 spiro atoms. The van der Waals surface area contributed by atoms with Crippen LogP contribution in [-0.4, -0.2) is 23.5 Å². The Morgan fingerprint density at radius 1 is 1.62 bits per heavy atom. The van der Waals surface area contributed by atoms with Crippen LogP contribution in [-0.2, 0) is 0 Å². The minimum absolute atomic E-state index is 0.410. The summed E-state index contributed by atoms with van der Waals surface area (Å²) in [6, 6.07) is 2.43. The van der Waals surface area contributed by atoms with Gasteiger partial charge in [0.05, 0.1) is 4.47 Å². The molecule has 0 amide bonds. The van der Waals surface area contributed by atoms with Gasteiger partial charge in [-0.15, -0.1) is 11.6 Å². The van der Waals surface area contributed by atoms with E-state index in [1.165, 1.54) is 12.0 Å². The van der Waals surface area contributed by atoms with Crippen LogP contribution in [0.1, 0.15) is 18.9 Å². The Bertz CT molecular complexity index is 383. The molecule has 1 aliphatic rings. The van der Waals surface area contributed by atoms with Crippen LogP contribution in [0.4, 0.5) is 5.82 Å². The monoisotopic (exact) mass is 302 g/mol. The van der Waals surface area contributed by atoms with Crippen LogP contribution in [0.3, 0.4) is 0 Å². The minimum Gasteiger partial charge on any atom is -0.351 e. The molecule has 0 aliphatic carbocycles. The lowest BCUT2D eigenvalue weighted by atomic mass is 10.1. The SMILES string of the molecule is Cc1ccnc(N2CCC(C)C2CCl)c1Br. The standard InChI is InChI=1S/C12H16BrClN2/c1-8-4-6-16(10(8)7-14)12-11(13)9(2)3-5-15-12/h3,5,8,10H,4,6-7H2,1-2H3. The topological polar surface area (TPSA) is 16.1 Å². The first-order valence-electron chi connectivity index (χ1n) is 5.59. The molecule has 1 aliphatic heterocycles. The number of rotatable bonds is 2. The van der Waals surface area contributed by atoms with E-state index in [1.807, 2.05) is 12.3 Å². The van der Waals surface area contributed by atoms with Gasteiger partial charge in [-0.3, -0.25) is 0 Å². The molecular weight excluding hydrogens is 288 g/mol. The first-order valence-corrected chi connectivity index (χ1v) is 6.91. The van der Waals surface area contributed by atoms with E-state index in [4.69, 9.17) is 11.6 Å². The molecule has 0 radical (unpaired) electrons. The lowest BCUT2D eigenvalue weighted by Gasteiger charge is -2.27. The van der Waals surface area contributed by atoms with Gasteiger partial charge in [0, 0.05) is 24.7 Å². The fourth-order valence-corrected chi connectivity index (χ4v) is 3.17. The fourth-order valence-electron chi connectivity index (χ4n) is 2.23. The average Bonchev–Trinajstić information content (AvgIpc) is 2.63. The highest BCUT2D eigenvalue weighted by molar-refractivity contribution is 9.10. The number of hydrogen-bond acceptors (Lipinski definition) is 2. The number of anilines is 1. The molecule has 0 aromatic carbocycles. The van der Waals surface area contributed by atoms with Gasteiger partial charge in [-0.25, -0.2) is 4.98 Å². The summed E-state index contributed by atoms with van der Waals surface area (Å²) in [6.45, 7) is 5.40. The van der Waals surface area contributed by atoms with Crippen molar-refractivity contribution >= 4 is 33.3 Å². The summed E-state index contributed by atoms with van der Waals surface area (Å²) in [5.74, 6) is 2.35. The molecule has 0 N–H and O–H groups in total. The molecule has 1 saturated heterocycles. The van der Waals surface area contributed by atoms with Gasteiger partial charge in [-0.1, -0.05) is 6.92 Å². The normalized spacial score (nSPS) is 25.1. The molecule has 2 rings (SSSR count). The molecule has 0 saturated carbocycles. The molecule has 1 aromatic heterocycles. The van der Waals surface area contributed by atoms with E-state index in [0.29, 0.717) is 17.8 Å². The second-order valence-corrected chi connectivity index (χ2v) is 5.55. The van der Waals surface area contributed by atoms with E-state index >= 15 is 0 Å². The van der Waals surface area contributed by atoms with Gasteiger partial charge in [0.1, 0.15) is 5.82 Å². The van der Waals surface area contributed by atoms with Crippen molar-refractivity contribution in [2.24, 2.45) is 5.92 Å². The summed E-state index contributed by atoms with van der Waals surface area (Å²) in [4.78, 5) is 6.80. The van der Waals surface area contributed by atoms with Gasteiger partial charge >= 0.3 is 0 Å². The Kier molecular flexibility index (Phi) is 3.75. The average molecular weight is 304 g/mol. The molecule has 2 atom stereocenters. The first kappa shape index (κ1) is 12.2. The van der Waals surface area contributed by atoms with E-state index in [2.05, 4.69) is 39.7 Å². The van der Waals surface area contributed by atoms with Crippen LogP contribution in [0.15, 0.2) is 16.7 Å². The molecule has 2 heterocycles. The maximum absolute atomic E-state index is 6.05. The number of pyridine rings is 1. The molecule has 1 fully saturated rings. The minimum atomic E-state index is 0.410. The number of nitrogens with zero attached hydrogens (tertiary/aromatic N) is 2. The number of aromatic nitrogens is 1. The summed E-state index contributed by atoms with van der Waals surface area (Å²) >= 11 is 9.67. The molecule has 16 heavy (non-hydrogen) atoms. The van der Waals surface area contributed by atoms with Crippen molar-refractivity contribution in [2.45, 2.75) is 26.3 Å². The molecule has 1 aromatic rings. The van der Waals surface area contributed by atoms with Gasteiger partial charge in [0.15, 0.2) is 0 Å². The van der Waals surface area contributed by atoms with Gasteiger partial charge < -0.3 is 4.90 Å². The summed E-state index contributed by atoms with van der Waals surface area (Å²) in [6.07, 6.45) is 3.06. The van der Waals surface area contributed by atoms with E-state index in [-0.39, 0.29) is 0 Å². The van der Waals surface area contributed by atoms with Crippen molar-refractivity contribution in [3.8, 4) is 0 Å². The van der Waals surface area contributed by atoms with E-state index in [9.17, 15) is 0 Å². The zero-order valence-corrected chi connectivity index (χ0v) is 11.9. The predicted molar refractivity (Wildman–Crippen MR) is 72.3 cm³/mol. The summed E-state index contributed by atoms with van der Waals surface area (Å²) in [5, 5.41) is 0. The predicted octanol–water partition coefficient (Wildman–Crippen LogP) is 3.61. The van der Waals surface area contributed by atoms with E-state index in [1.54, 1.807) is 0 Å². The van der Waals surface area contributed by atoms with Crippen molar-refractivity contribution in [1.29, 1.82) is 0 Å². The lowest BCUT2D eigenvalue weighted by molar-refractivity contribution is 0.548.